The first-order chi connectivity index (χ1) is 16.8. The molecule has 0 saturated carbocycles. The number of hydrogen-bond acceptors (Lipinski definition) is 6. The van der Waals surface area contributed by atoms with E-state index in [1.165, 1.54) is 0 Å². The number of nitrogens with one attached hydrogen (secondary N) is 2. The van der Waals surface area contributed by atoms with Gasteiger partial charge in [-0.2, -0.15) is 10.4 Å². The van der Waals surface area contributed by atoms with E-state index in [1.807, 2.05) is 42.5 Å². The molecule has 11 heteroatoms. The summed E-state index contributed by atoms with van der Waals surface area (Å²) < 4.78 is 30.0. The molecule has 0 spiro atoms. The minimum absolute atomic E-state index is 0.137. The van der Waals surface area contributed by atoms with Gasteiger partial charge in [0.1, 0.15) is 6.07 Å². The van der Waals surface area contributed by atoms with Gasteiger partial charge in [0.2, 0.25) is 10.0 Å². The molecule has 2 aromatic carbocycles. The zero-order chi connectivity index (χ0) is 24.6. The molecule has 0 fully saturated rings. The second-order valence-corrected chi connectivity index (χ2v) is 10.1. The molecule has 0 atom stereocenters. The third-order valence-corrected chi connectivity index (χ3v) is 6.84. The van der Waals surface area contributed by atoms with Gasteiger partial charge >= 0.3 is 0 Å². The Morgan fingerprint density at radius 1 is 1.11 bits per heavy atom. The van der Waals surface area contributed by atoms with E-state index >= 15 is 0 Å². The zero-order valence-electron chi connectivity index (χ0n) is 18.4. The standard InChI is InChI=1S/C24H18ClN7O2S/c1-32-8-7-15(13-32)14-35(33,34)31-24-20(11-26)28-23(22(29-24)16-5-3-2-4-6-16)17-9-18-12-27-30-21(18)19(25)10-17/h2-10,12-13H,14H2,1H3,(H,27,30)(H,29,31). The zero-order valence-corrected chi connectivity index (χ0v) is 20.0. The number of rotatable bonds is 6. The maximum atomic E-state index is 12.9. The van der Waals surface area contributed by atoms with Crippen molar-refractivity contribution in [3.8, 4) is 28.6 Å². The third kappa shape index (κ3) is 4.59. The van der Waals surface area contributed by atoms with Crippen LogP contribution in [0.2, 0.25) is 5.02 Å². The van der Waals surface area contributed by atoms with E-state index in [0.29, 0.717) is 38.6 Å². The number of sulfonamides is 1. The van der Waals surface area contributed by atoms with Crippen LogP contribution in [0.3, 0.4) is 0 Å². The summed E-state index contributed by atoms with van der Waals surface area (Å²) in [5.74, 6) is -0.406. The number of hydrogen-bond donors (Lipinski definition) is 2. The van der Waals surface area contributed by atoms with Crippen LogP contribution in [0.15, 0.2) is 67.1 Å². The highest BCUT2D eigenvalue weighted by molar-refractivity contribution is 7.91. The van der Waals surface area contributed by atoms with Crippen LogP contribution in [0.5, 0.6) is 0 Å². The van der Waals surface area contributed by atoms with Crippen molar-refractivity contribution >= 4 is 38.3 Å². The first kappa shape index (κ1) is 22.6. The van der Waals surface area contributed by atoms with Crippen LogP contribution in [-0.4, -0.2) is 33.2 Å². The first-order valence-electron chi connectivity index (χ1n) is 10.4. The largest absolute Gasteiger partial charge is 0.357 e. The van der Waals surface area contributed by atoms with Crippen molar-refractivity contribution < 1.29 is 8.42 Å². The molecule has 174 valence electrons. The van der Waals surface area contributed by atoms with Gasteiger partial charge in [0, 0.05) is 36.0 Å². The fourth-order valence-corrected chi connectivity index (χ4v) is 5.17. The lowest BCUT2D eigenvalue weighted by atomic mass is 10.0. The highest BCUT2D eigenvalue weighted by Crippen LogP contribution is 2.35. The molecule has 0 unspecified atom stereocenters. The lowest BCUT2D eigenvalue weighted by Gasteiger charge is -2.14. The van der Waals surface area contributed by atoms with Gasteiger partial charge in [-0.1, -0.05) is 41.9 Å². The average molecular weight is 504 g/mol. The molecular formula is C24H18ClN7O2S. The van der Waals surface area contributed by atoms with Crippen LogP contribution in [0, 0.1) is 11.3 Å². The number of aromatic nitrogens is 5. The lowest BCUT2D eigenvalue weighted by molar-refractivity contribution is 0.600. The Kier molecular flexibility index (Phi) is 5.72. The monoisotopic (exact) mass is 503 g/mol. The smallest absolute Gasteiger partial charge is 0.238 e. The third-order valence-electron chi connectivity index (χ3n) is 5.33. The summed E-state index contributed by atoms with van der Waals surface area (Å²) in [4.78, 5) is 9.09. The van der Waals surface area contributed by atoms with Crippen LogP contribution >= 0.6 is 11.6 Å². The normalized spacial score (nSPS) is 11.5. The summed E-state index contributed by atoms with van der Waals surface area (Å²) in [5.41, 5.74) is 3.24. The number of H-pyrrole nitrogens is 1. The molecule has 35 heavy (non-hydrogen) atoms. The van der Waals surface area contributed by atoms with Crippen molar-refractivity contribution in [2.75, 3.05) is 4.72 Å². The van der Waals surface area contributed by atoms with Gasteiger partial charge in [0.05, 0.1) is 33.9 Å². The van der Waals surface area contributed by atoms with E-state index in [0.717, 1.165) is 5.39 Å². The molecule has 0 aliphatic rings. The minimum Gasteiger partial charge on any atom is -0.357 e. The molecule has 0 aliphatic carbocycles. The minimum atomic E-state index is -3.86. The quantitative estimate of drug-likeness (QED) is 0.351. The predicted octanol–water partition coefficient (Wildman–Crippen LogP) is 4.49. The Bertz CT molecular complexity index is 1700. The maximum Gasteiger partial charge on any atom is 0.238 e. The van der Waals surface area contributed by atoms with Crippen molar-refractivity contribution in [3.05, 3.63) is 83.4 Å². The van der Waals surface area contributed by atoms with Gasteiger partial charge < -0.3 is 4.57 Å². The van der Waals surface area contributed by atoms with Crippen LogP contribution in [0.4, 0.5) is 5.82 Å². The molecule has 9 nitrogen and oxygen atoms in total. The number of aryl methyl sites for hydroxylation is 1. The average Bonchev–Trinajstić information content (AvgIpc) is 3.47. The molecule has 3 aromatic heterocycles. The fraction of sp³-hybridized carbons (Fsp3) is 0.0833. The number of halogens is 1. The number of benzene rings is 2. The lowest BCUT2D eigenvalue weighted by Crippen LogP contribution is -2.18. The van der Waals surface area contributed by atoms with E-state index in [4.69, 9.17) is 11.6 Å². The number of aromatic amines is 1. The van der Waals surface area contributed by atoms with E-state index in [-0.39, 0.29) is 17.3 Å². The molecule has 0 amide bonds. The number of nitrogens with zero attached hydrogens (tertiary/aromatic N) is 5. The summed E-state index contributed by atoms with van der Waals surface area (Å²) in [6.07, 6.45) is 5.11. The van der Waals surface area contributed by atoms with Crippen molar-refractivity contribution in [3.63, 3.8) is 0 Å². The molecule has 0 aliphatic heterocycles. The van der Waals surface area contributed by atoms with Gasteiger partial charge in [-0.3, -0.25) is 9.82 Å². The van der Waals surface area contributed by atoms with Crippen LogP contribution in [0.1, 0.15) is 11.3 Å². The Hall–Kier alpha value is -4.20. The molecule has 2 N–H and O–H groups in total. The number of fused-ring (bicyclic) bond motifs is 1. The Labute approximate surface area is 206 Å². The molecular weight excluding hydrogens is 486 g/mol. The van der Waals surface area contributed by atoms with Crippen LogP contribution < -0.4 is 4.72 Å². The number of anilines is 1. The molecule has 5 rings (SSSR count). The van der Waals surface area contributed by atoms with Crippen molar-refractivity contribution in [1.82, 2.24) is 24.7 Å². The first-order valence-corrected chi connectivity index (χ1v) is 12.5. The van der Waals surface area contributed by atoms with Crippen LogP contribution in [-0.2, 0) is 22.8 Å². The van der Waals surface area contributed by atoms with E-state index in [1.54, 1.807) is 42.3 Å². The van der Waals surface area contributed by atoms with Gasteiger partial charge in [-0.25, -0.2) is 18.4 Å². The second-order valence-electron chi connectivity index (χ2n) is 7.93. The predicted molar refractivity (Wildman–Crippen MR) is 134 cm³/mol. The molecule has 3 heterocycles. The van der Waals surface area contributed by atoms with Crippen LogP contribution in [0.25, 0.3) is 33.4 Å². The Morgan fingerprint density at radius 3 is 2.60 bits per heavy atom. The summed E-state index contributed by atoms with van der Waals surface area (Å²) in [7, 11) is -2.06. The fourth-order valence-electron chi connectivity index (χ4n) is 3.78. The van der Waals surface area contributed by atoms with Gasteiger partial charge in [-0.15, -0.1) is 0 Å². The topological polar surface area (TPSA) is 129 Å². The Balaban J connectivity index is 1.65. The Morgan fingerprint density at radius 2 is 1.89 bits per heavy atom. The summed E-state index contributed by atoms with van der Waals surface area (Å²) in [6.45, 7) is 0. The maximum absolute atomic E-state index is 12.9. The molecule has 5 aromatic rings. The van der Waals surface area contributed by atoms with Gasteiger partial charge in [-0.05, 0) is 23.8 Å². The highest BCUT2D eigenvalue weighted by Gasteiger charge is 2.22. The summed E-state index contributed by atoms with van der Waals surface area (Å²) in [6, 6.07) is 16.4. The van der Waals surface area contributed by atoms with Gasteiger partial charge in [0.25, 0.3) is 0 Å². The van der Waals surface area contributed by atoms with Gasteiger partial charge in [0.15, 0.2) is 11.5 Å². The van der Waals surface area contributed by atoms with E-state index in [9.17, 15) is 13.7 Å². The van der Waals surface area contributed by atoms with Crippen molar-refractivity contribution in [1.29, 1.82) is 5.26 Å². The molecule has 0 bridgehead atoms. The number of nitriles is 1. The SMILES string of the molecule is Cn1ccc(CS(=O)(=O)Nc2nc(-c3ccccc3)c(-c3cc(Cl)c4[nH]ncc4c3)nc2C#N)c1. The van der Waals surface area contributed by atoms with E-state index in [2.05, 4.69) is 24.9 Å². The highest BCUT2D eigenvalue weighted by atomic mass is 35.5. The van der Waals surface area contributed by atoms with E-state index < -0.39 is 10.0 Å². The summed E-state index contributed by atoms with van der Waals surface area (Å²) >= 11 is 6.44. The second kappa shape index (κ2) is 8.87. The summed E-state index contributed by atoms with van der Waals surface area (Å²) in [5, 5.41) is 17.9. The van der Waals surface area contributed by atoms with Crippen molar-refractivity contribution in [2.45, 2.75) is 5.75 Å². The molecule has 0 saturated heterocycles. The molecule has 0 radical (unpaired) electrons. The van der Waals surface area contributed by atoms with Crippen molar-refractivity contribution in [2.24, 2.45) is 7.05 Å².